The van der Waals surface area contributed by atoms with Crippen LogP contribution in [0.15, 0.2) is 59.7 Å². The van der Waals surface area contributed by atoms with E-state index in [4.69, 9.17) is 0 Å². The third-order valence-electron chi connectivity index (χ3n) is 4.21. The summed E-state index contributed by atoms with van der Waals surface area (Å²) in [5, 5.41) is 14.1. The van der Waals surface area contributed by atoms with E-state index in [2.05, 4.69) is 22.7 Å². The summed E-state index contributed by atoms with van der Waals surface area (Å²) in [6.45, 7) is 1.95. The number of carbonyl (C=O) groups excluding carboxylic acids is 1. The van der Waals surface area contributed by atoms with Gasteiger partial charge in [-0.3, -0.25) is 4.79 Å². The van der Waals surface area contributed by atoms with E-state index in [9.17, 15) is 9.90 Å². The Labute approximate surface area is 135 Å². The monoisotopic (exact) mass is 308 g/mol. The van der Waals surface area contributed by atoms with E-state index in [1.165, 1.54) is 5.56 Å². The van der Waals surface area contributed by atoms with Gasteiger partial charge in [0.1, 0.15) is 5.75 Å². The highest BCUT2D eigenvalue weighted by Gasteiger charge is 2.43. The molecule has 3 rings (SSSR count). The van der Waals surface area contributed by atoms with Crippen molar-refractivity contribution in [1.82, 2.24) is 5.43 Å². The Hall–Kier alpha value is -2.62. The molecule has 0 aliphatic heterocycles. The van der Waals surface area contributed by atoms with Crippen LogP contribution in [0.5, 0.6) is 5.75 Å². The number of carbonyl (C=O) groups is 1. The second-order valence-electron chi connectivity index (χ2n) is 5.76. The van der Waals surface area contributed by atoms with Crippen molar-refractivity contribution in [3.63, 3.8) is 0 Å². The van der Waals surface area contributed by atoms with Gasteiger partial charge in [0.25, 0.3) is 0 Å². The van der Waals surface area contributed by atoms with Gasteiger partial charge in [0, 0.05) is 11.5 Å². The first-order valence-electron chi connectivity index (χ1n) is 7.90. The number of phenols is 1. The highest BCUT2D eigenvalue weighted by atomic mass is 16.3. The summed E-state index contributed by atoms with van der Waals surface area (Å²) in [5.41, 5.74) is 5.19. The quantitative estimate of drug-likeness (QED) is 0.656. The summed E-state index contributed by atoms with van der Waals surface area (Å²) in [6.07, 6.45) is 1.49. The van der Waals surface area contributed by atoms with Crippen LogP contribution in [0.2, 0.25) is 0 Å². The standard InChI is InChI=1S/C19H20N2O2/c1-2-17(14-10-6-7-11-18(14)22)20-21-19(23)16-12-15(16)13-8-4-3-5-9-13/h3-11,15-16,22H,2,12H2,1H3,(H,21,23)/b20-17-/t15-,16+/m0/s1. The zero-order valence-electron chi connectivity index (χ0n) is 13.1. The van der Waals surface area contributed by atoms with Gasteiger partial charge in [-0.25, -0.2) is 5.43 Å². The number of hydrazone groups is 1. The van der Waals surface area contributed by atoms with Crippen LogP contribution >= 0.6 is 0 Å². The van der Waals surface area contributed by atoms with E-state index in [1.807, 2.05) is 31.2 Å². The molecule has 1 saturated carbocycles. The molecule has 23 heavy (non-hydrogen) atoms. The number of benzene rings is 2. The lowest BCUT2D eigenvalue weighted by atomic mass is 10.1. The number of amides is 1. The molecular weight excluding hydrogens is 288 g/mol. The van der Waals surface area contributed by atoms with Crippen LogP contribution in [0.1, 0.15) is 36.8 Å². The number of aromatic hydroxyl groups is 1. The average Bonchev–Trinajstić information content (AvgIpc) is 3.38. The maximum atomic E-state index is 12.2. The SMILES string of the molecule is CC/C(=N/NC(=O)[C@@H]1C[C@H]1c1ccccc1)c1ccccc1O. The van der Waals surface area contributed by atoms with Gasteiger partial charge in [-0.1, -0.05) is 49.4 Å². The molecule has 4 heteroatoms. The zero-order valence-corrected chi connectivity index (χ0v) is 13.1. The Morgan fingerprint density at radius 2 is 1.87 bits per heavy atom. The van der Waals surface area contributed by atoms with Gasteiger partial charge in [0.05, 0.1) is 5.71 Å². The molecule has 2 atom stereocenters. The molecule has 0 saturated heterocycles. The highest BCUT2D eigenvalue weighted by molar-refractivity contribution is 6.03. The lowest BCUT2D eigenvalue weighted by Crippen LogP contribution is -2.22. The van der Waals surface area contributed by atoms with E-state index in [0.29, 0.717) is 23.6 Å². The van der Waals surface area contributed by atoms with Crippen LogP contribution in [-0.2, 0) is 4.79 Å². The number of phenolic OH excluding ortho intramolecular Hbond substituents is 1. The molecule has 1 amide bonds. The molecule has 4 nitrogen and oxygen atoms in total. The van der Waals surface area contributed by atoms with Crippen molar-refractivity contribution >= 4 is 11.6 Å². The second kappa shape index (κ2) is 6.65. The molecule has 0 unspecified atom stereocenters. The van der Waals surface area contributed by atoms with E-state index < -0.39 is 0 Å². The van der Waals surface area contributed by atoms with Crippen LogP contribution < -0.4 is 5.43 Å². The van der Waals surface area contributed by atoms with Crippen molar-refractivity contribution in [2.24, 2.45) is 11.0 Å². The van der Waals surface area contributed by atoms with Crippen molar-refractivity contribution in [3.05, 3.63) is 65.7 Å². The fraction of sp³-hybridized carbons (Fsp3) is 0.263. The number of nitrogens with one attached hydrogen (secondary N) is 1. The topological polar surface area (TPSA) is 61.7 Å². The molecule has 0 aromatic heterocycles. The number of rotatable bonds is 5. The van der Waals surface area contributed by atoms with Crippen molar-refractivity contribution in [1.29, 1.82) is 0 Å². The highest BCUT2D eigenvalue weighted by Crippen LogP contribution is 2.47. The number of para-hydroxylation sites is 1. The third kappa shape index (κ3) is 3.42. The molecule has 0 heterocycles. The van der Waals surface area contributed by atoms with Crippen LogP contribution in [-0.4, -0.2) is 16.7 Å². The maximum Gasteiger partial charge on any atom is 0.243 e. The summed E-state index contributed by atoms with van der Waals surface area (Å²) in [5.74, 6) is 0.404. The number of hydrogen-bond donors (Lipinski definition) is 2. The Balaban J connectivity index is 1.65. The van der Waals surface area contributed by atoms with Crippen LogP contribution in [0.3, 0.4) is 0 Å². The first-order chi connectivity index (χ1) is 11.2. The van der Waals surface area contributed by atoms with E-state index in [1.54, 1.807) is 18.2 Å². The lowest BCUT2D eigenvalue weighted by molar-refractivity contribution is -0.122. The van der Waals surface area contributed by atoms with Crippen molar-refractivity contribution in [3.8, 4) is 5.75 Å². The number of hydrogen-bond acceptors (Lipinski definition) is 3. The van der Waals surface area contributed by atoms with Gasteiger partial charge in [0.2, 0.25) is 5.91 Å². The molecule has 1 aliphatic carbocycles. The van der Waals surface area contributed by atoms with Crippen LogP contribution in [0.4, 0.5) is 0 Å². The molecule has 0 radical (unpaired) electrons. The molecule has 1 aliphatic rings. The Morgan fingerprint density at radius 1 is 1.17 bits per heavy atom. The Kier molecular flexibility index (Phi) is 4.42. The fourth-order valence-corrected chi connectivity index (χ4v) is 2.81. The minimum atomic E-state index is -0.0553. The molecule has 0 spiro atoms. The summed E-state index contributed by atoms with van der Waals surface area (Å²) >= 11 is 0. The molecule has 2 aromatic rings. The lowest BCUT2D eigenvalue weighted by Gasteiger charge is -2.07. The van der Waals surface area contributed by atoms with Gasteiger partial charge in [-0.2, -0.15) is 5.10 Å². The number of nitrogens with zero attached hydrogens (tertiary/aromatic N) is 1. The van der Waals surface area contributed by atoms with Crippen LogP contribution in [0.25, 0.3) is 0 Å². The third-order valence-corrected chi connectivity index (χ3v) is 4.21. The first kappa shape index (κ1) is 15.3. The van der Waals surface area contributed by atoms with Crippen molar-refractivity contribution in [2.45, 2.75) is 25.7 Å². The predicted molar refractivity (Wildman–Crippen MR) is 90.4 cm³/mol. The Bertz CT molecular complexity index is 725. The minimum absolute atomic E-state index is 0.0105. The summed E-state index contributed by atoms with van der Waals surface area (Å²) < 4.78 is 0. The van der Waals surface area contributed by atoms with E-state index >= 15 is 0 Å². The maximum absolute atomic E-state index is 12.2. The minimum Gasteiger partial charge on any atom is -0.507 e. The van der Waals surface area contributed by atoms with Crippen LogP contribution in [0, 0.1) is 5.92 Å². The van der Waals surface area contributed by atoms with Gasteiger partial charge < -0.3 is 5.11 Å². The molecular formula is C19H20N2O2. The molecule has 2 N–H and O–H groups in total. The molecule has 118 valence electrons. The zero-order chi connectivity index (χ0) is 16.2. The molecule has 2 aromatic carbocycles. The normalized spacial score (nSPS) is 20.1. The van der Waals surface area contributed by atoms with Crippen molar-refractivity contribution in [2.75, 3.05) is 0 Å². The van der Waals surface area contributed by atoms with E-state index in [0.717, 1.165) is 6.42 Å². The van der Waals surface area contributed by atoms with E-state index in [-0.39, 0.29) is 17.6 Å². The molecule has 0 bridgehead atoms. The average molecular weight is 308 g/mol. The largest absolute Gasteiger partial charge is 0.507 e. The van der Waals surface area contributed by atoms with Gasteiger partial charge >= 0.3 is 0 Å². The second-order valence-corrected chi connectivity index (χ2v) is 5.76. The summed E-state index contributed by atoms with van der Waals surface area (Å²) in [6, 6.07) is 17.1. The smallest absolute Gasteiger partial charge is 0.243 e. The fourth-order valence-electron chi connectivity index (χ4n) is 2.81. The predicted octanol–water partition coefficient (Wildman–Crippen LogP) is 3.43. The van der Waals surface area contributed by atoms with Gasteiger partial charge in [0.15, 0.2) is 0 Å². The summed E-state index contributed by atoms with van der Waals surface area (Å²) in [4.78, 5) is 12.2. The first-order valence-corrected chi connectivity index (χ1v) is 7.90. The van der Waals surface area contributed by atoms with Gasteiger partial charge in [-0.05, 0) is 36.5 Å². The van der Waals surface area contributed by atoms with Crippen molar-refractivity contribution < 1.29 is 9.90 Å². The Morgan fingerprint density at radius 3 is 2.57 bits per heavy atom. The summed E-state index contributed by atoms with van der Waals surface area (Å²) in [7, 11) is 0. The molecule has 1 fully saturated rings. The van der Waals surface area contributed by atoms with Gasteiger partial charge in [-0.15, -0.1) is 0 Å².